The number of carbonyl (C=O) groups excluding carboxylic acids is 1. The highest BCUT2D eigenvalue weighted by atomic mass is 79.9. The van der Waals surface area contributed by atoms with Gasteiger partial charge in [0.1, 0.15) is 5.82 Å². The molecule has 0 aliphatic rings. The van der Waals surface area contributed by atoms with Gasteiger partial charge in [-0.05, 0) is 40.9 Å². The molecule has 1 aromatic carbocycles. The van der Waals surface area contributed by atoms with E-state index in [4.69, 9.17) is 0 Å². The lowest BCUT2D eigenvalue weighted by Crippen LogP contribution is -2.13. The summed E-state index contributed by atoms with van der Waals surface area (Å²) in [6, 6.07) is 8.54. The van der Waals surface area contributed by atoms with Crippen LogP contribution in [0.25, 0.3) is 11.4 Å². The summed E-state index contributed by atoms with van der Waals surface area (Å²) in [7, 11) is 0. The van der Waals surface area contributed by atoms with Gasteiger partial charge in [0.25, 0.3) is 11.5 Å². The average Bonchev–Trinajstić information content (AvgIpc) is 2.96. The first-order valence-corrected chi connectivity index (χ1v) is 8.88. The van der Waals surface area contributed by atoms with Crippen molar-refractivity contribution in [2.45, 2.75) is 26.7 Å². The van der Waals surface area contributed by atoms with Crippen LogP contribution in [0.5, 0.6) is 0 Å². The highest BCUT2D eigenvalue weighted by molar-refractivity contribution is 9.10. The highest BCUT2D eigenvalue weighted by Crippen LogP contribution is 2.26. The minimum atomic E-state index is -0.331. The van der Waals surface area contributed by atoms with Gasteiger partial charge in [-0.1, -0.05) is 26.0 Å². The molecule has 8 heteroatoms. The average molecular weight is 416 g/mol. The molecular formula is C18H18BrN5O2. The van der Waals surface area contributed by atoms with Crippen molar-refractivity contribution in [2.75, 3.05) is 5.32 Å². The monoisotopic (exact) mass is 415 g/mol. The van der Waals surface area contributed by atoms with E-state index in [1.807, 2.05) is 19.9 Å². The van der Waals surface area contributed by atoms with Crippen LogP contribution in [0.15, 0.2) is 39.6 Å². The topological polar surface area (TPSA) is 104 Å². The molecule has 3 N–H and O–H groups in total. The van der Waals surface area contributed by atoms with E-state index in [0.717, 1.165) is 5.69 Å². The lowest BCUT2D eigenvalue weighted by Gasteiger charge is -2.07. The van der Waals surface area contributed by atoms with Crippen molar-refractivity contribution in [3.8, 4) is 11.4 Å². The molecule has 0 saturated heterocycles. The van der Waals surface area contributed by atoms with Gasteiger partial charge in [0.15, 0.2) is 5.69 Å². The smallest absolute Gasteiger partial charge is 0.277 e. The van der Waals surface area contributed by atoms with Crippen LogP contribution in [0.3, 0.4) is 0 Å². The first kappa shape index (κ1) is 18.1. The van der Waals surface area contributed by atoms with Gasteiger partial charge in [0.2, 0.25) is 0 Å². The second-order valence-electron chi connectivity index (χ2n) is 6.22. The minimum Gasteiger partial charge on any atom is -0.321 e. The fourth-order valence-corrected chi connectivity index (χ4v) is 3.34. The molecule has 0 fully saturated rings. The molecule has 3 aromatic rings. The zero-order chi connectivity index (χ0) is 18.8. The van der Waals surface area contributed by atoms with Gasteiger partial charge in [-0.15, -0.1) is 0 Å². The van der Waals surface area contributed by atoms with Crippen molar-refractivity contribution in [1.82, 2.24) is 20.2 Å². The Balaban J connectivity index is 1.87. The standard InChI is InChI=1S/C18H18BrN5O2/c1-9(2)15-14(19)16(24-23-15)18(26)21-12-6-4-5-11(8-12)17-20-10(3)7-13(25)22-17/h4-9H,1-3H3,(H,21,26)(H,23,24)(H,20,22,25). The number of halogens is 1. The number of aromatic amines is 2. The van der Waals surface area contributed by atoms with Crippen molar-refractivity contribution >= 4 is 27.5 Å². The maximum Gasteiger partial charge on any atom is 0.277 e. The molecular weight excluding hydrogens is 398 g/mol. The van der Waals surface area contributed by atoms with Crippen LogP contribution in [0, 0.1) is 6.92 Å². The Hall–Kier alpha value is -2.74. The van der Waals surface area contributed by atoms with E-state index in [2.05, 4.69) is 41.4 Å². The number of anilines is 1. The molecule has 2 heterocycles. The fraction of sp³-hybridized carbons (Fsp3) is 0.222. The minimum absolute atomic E-state index is 0.214. The Morgan fingerprint density at radius 2 is 2.04 bits per heavy atom. The SMILES string of the molecule is Cc1cc(=O)[nH]c(-c2cccc(NC(=O)c3n[nH]c(C(C)C)c3Br)c2)n1. The van der Waals surface area contributed by atoms with Crippen molar-refractivity contribution in [2.24, 2.45) is 0 Å². The van der Waals surface area contributed by atoms with Crippen LogP contribution >= 0.6 is 15.9 Å². The van der Waals surface area contributed by atoms with Crippen LogP contribution < -0.4 is 10.9 Å². The second-order valence-corrected chi connectivity index (χ2v) is 7.02. The van der Waals surface area contributed by atoms with E-state index >= 15 is 0 Å². The number of nitrogens with zero attached hydrogens (tertiary/aromatic N) is 2. The predicted octanol–water partition coefficient (Wildman–Crippen LogP) is 3.61. The molecule has 0 unspecified atom stereocenters. The number of aryl methyl sites for hydroxylation is 1. The van der Waals surface area contributed by atoms with Crippen molar-refractivity contribution in [1.29, 1.82) is 0 Å². The number of nitrogens with one attached hydrogen (secondary N) is 3. The van der Waals surface area contributed by atoms with Gasteiger partial charge in [-0.2, -0.15) is 5.10 Å². The Morgan fingerprint density at radius 3 is 2.69 bits per heavy atom. The molecule has 7 nitrogen and oxygen atoms in total. The number of H-pyrrole nitrogens is 2. The molecule has 3 rings (SSSR count). The summed E-state index contributed by atoms with van der Waals surface area (Å²) in [6.07, 6.45) is 0. The van der Waals surface area contributed by atoms with Crippen molar-refractivity contribution in [3.05, 3.63) is 62.2 Å². The number of benzene rings is 1. The lowest BCUT2D eigenvalue weighted by atomic mass is 10.1. The number of aromatic nitrogens is 4. The third kappa shape index (κ3) is 3.75. The molecule has 0 aliphatic carbocycles. The Bertz CT molecular complexity index is 1020. The Morgan fingerprint density at radius 1 is 1.27 bits per heavy atom. The third-order valence-corrected chi connectivity index (χ3v) is 4.59. The van der Waals surface area contributed by atoms with E-state index < -0.39 is 0 Å². The molecule has 2 aromatic heterocycles. The largest absolute Gasteiger partial charge is 0.321 e. The third-order valence-electron chi connectivity index (χ3n) is 3.79. The van der Waals surface area contributed by atoms with Crippen LogP contribution in [-0.4, -0.2) is 26.1 Å². The summed E-state index contributed by atoms with van der Waals surface area (Å²) in [5.41, 5.74) is 2.85. The molecule has 134 valence electrons. The van der Waals surface area contributed by atoms with E-state index in [1.165, 1.54) is 6.07 Å². The summed E-state index contributed by atoms with van der Waals surface area (Å²) < 4.78 is 0.658. The normalized spacial score (nSPS) is 11.0. The first-order valence-electron chi connectivity index (χ1n) is 8.08. The van der Waals surface area contributed by atoms with Crippen LogP contribution in [0.4, 0.5) is 5.69 Å². The number of rotatable bonds is 4. The van der Waals surface area contributed by atoms with E-state index in [-0.39, 0.29) is 17.4 Å². The van der Waals surface area contributed by atoms with Crippen LogP contribution in [0.2, 0.25) is 0 Å². The van der Waals surface area contributed by atoms with Crippen molar-refractivity contribution < 1.29 is 4.79 Å². The summed E-state index contributed by atoms with van der Waals surface area (Å²) >= 11 is 3.43. The molecule has 0 saturated carbocycles. The first-order chi connectivity index (χ1) is 12.3. The molecule has 0 spiro atoms. The zero-order valence-electron chi connectivity index (χ0n) is 14.6. The molecule has 0 atom stereocenters. The summed E-state index contributed by atoms with van der Waals surface area (Å²) in [6.45, 7) is 5.78. The maximum absolute atomic E-state index is 12.5. The Kier molecular flexibility index (Phi) is 5.03. The van der Waals surface area contributed by atoms with Crippen LogP contribution in [0.1, 0.15) is 41.6 Å². The summed E-state index contributed by atoms with van der Waals surface area (Å²) in [5.74, 6) is 0.336. The van der Waals surface area contributed by atoms with E-state index in [1.54, 1.807) is 25.1 Å². The van der Waals surface area contributed by atoms with Gasteiger partial charge < -0.3 is 10.3 Å². The fourth-order valence-electron chi connectivity index (χ4n) is 2.53. The number of carbonyl (C=O) groups is 1. The molecule has 0 bridgehead atoms. The highest BCUT2D eigenvalue weighted by Gasteiger charge is 2.19. The molecule has 1 amide bonds. The van der Waals surface area contributed by atoms with Gasteiger partial charge in [0.05, 0.1) is 10.2 Å². The quantitative estimate of drug-likeness (QED) is 0.605. The molecule has 0 radical (unpaired) electrons. The number of hydrogen-bond donors (Lipinski definition) is 3. The van der Waals surface area contributed by atoms with Gasteiger partial charge in [-0.3, -0.25) is 14.7 Å². The van der Waals surface area contributed by atoms with E-state index in [9.17, 15) is 9.59 Å². The predicted molar refractivity (Wildman–Crippen MR) is 103 cm³/mol. The van der Waals surface area contributed by atoms with Crippen LogP contribution in [-0.2, 0) is 0 Å². The Labute approximate surface area is 158 Å². The van der Waals surface area contributed by atoms with Crippen molar-refractivity contribution in [3.63, 3.8) is 0 Å². The van der Waals surface area contributed by atoms with Gasteiger partial charge in [0, 0.05) is 23.0 Å². The summed E-state index contributed by atoms with van der Waals surface area (Å²) in [5, 5.41) is 9.79. The van der Waals surface area contributed by atoms with Gasteiger partial charge >= 0.3 is 0 Å². The van der Waals surface area contributed by atoms with E-state index in [0.29, 0.717) is 32.9 Å². The molecule has 0 aliphatic heterocycles. The number of hydrogen-bond acceptors (Lipinski definition) is 4. The molecule has 26 heavy (non-hydrogen) atoms. The zero-order valence-corrected chi connectivity index (χ0v) is 16.1. The lowest BCUT2D eigenvalue weighted by molar-refractivity contribution is 0.102. The number of amides is 1. The maximum atomic E-state index is 12.5. The summed E-state index contributed by atoms with van der Waals surface area (Å²) in [4.78, 5) is 31.2. The van der Waals surface area contributed by atoms with Gasteiger partial charge in [-0.25, -0.2) is 4.98 Å². The second kappa shape index (κ2) is 7.25.